The van der Waals surface area contributed by atoms with Gasteiger partial charge in [0.1, 0.15) is 0 Å². The van der Waals surface area contributed by atoms with E-state index in [2.05, 4.69) is 9.97 Å². The lowest BCUT2D eigenvalue weighted by atomic mass is 9.76. The van der Waals surface area contributed by atoms with Crippen LogP contribution in [0, 0.1) is 5.41 Å². The number of rotatable bonds is 1. The summed E-state index contributed by atoms with van der Waals surface area (Å²) in [6.45, 7) is 4.00. The molecular formula is C11H13N3O2. The van der Waals surface area contributed by atoms with Crippen LogP contribution in [0.3, 0.4) is 0 Å². The summed E-state index contributed by atoms with van der Waals surface area (Å²) in [7, 11) is 0. The SMILES string of the molecule is CC1(C)CC(=O)c2cnc(C(N)=O)nc2C1. The van der Waals surface area contributed by atoms with E-state index in [9.17, 15) is 9.59 Å². The third-order valence-electron chi connectivity index (χ3n) is 2.67. The second-order valence-electron chi connectivity index (χ2n) is 4.86. The van der Waals surface area contributed by atoms with E-state index in [1.54, 1.807) is 0 Å². The third-order valence-corrected chi connectivity index (χ3v) is 2.67. The number of fused-ring (bicyclic) bond motifs is 1. The van der Waals surface area contributed by atoms with E-state index in [0.29, 0.717) is 24.1 Å². The van der Waals surface area contributed by atoms with E-state index >= 15 is 0 Å². The Bertz CT molecular complexity index is 480. The number of carbonyl (C=O) groups excluding carboxylic acids is 2. The van der Waals surface area contributed by atoms with Gasteiger partial charge in [0, 0.05) is 12.6 Å². The molecule has 1 aromatic heterocycles. The summed E-state index contributed by atoms with van der Waals surface area (Å²) < 4.78 is 0. The van der Waals surface area contributed by atoms with Crippen molar-refractivity contribution in [1.29, 1.82) is 0 Å². The normalized spacial score (nSPS) is 18.0. The molecule has 5 heteroatoms. The second kappa shape index (κ2) is 3.37. The Morgan fingerprint density at radius 1 is 1.44 bits per heavy atom. The van der Waals surface area contributed by atoms with Gasteiger partial charge >= 0.3 is 0 Å². The molecule has 0 aromatic carbocycles. The molecule has 0 bridgehead atoms. The van der Waals surface area contributed by atoms with E-state index in [1.807, 2.05) is 13.8 Å². The van der Waals surface area contributed by atoms with Gasteiger partial charge in [0.05, 0.1) is 11.3 Å². The van der Waals surface area contributed by atoms with Crippen molar-refractivity contribution in [3.63, 3.8) is 0 Å². The first-order valence-electron chi connectivity index (χ1n) is 5.08. The Hall–Kier alpha value is -1.78. The van der Waals surface area contributed by atoms with Crippen LogP contribution in [0.5, 0.6) is 0 Å². The van der Waals surface area contributed by atoms with Gasteiger partial charge in [-0.05, 0) is 11.8 Å². The van der Waals surface area contributed by atoms with Crippen molar-refractivity contribution in [2.45, 2.75) is 26.7 Å². The molecule has 84 valence electrons. The number of primary amides is 1. The van der Waals surface area contributed by atoms with Gasteiger partial charge in [-0.2, -0.15) is 0 Å². The van der Waals surface area contributed by atoms with Crippen molar-refractivity contribution in [2.24, 2.45) is 11.1 Å². The van der Waals surface area contributed by atoms with Crippen molar-refractivity contribution in [3.8, 4) is 0 Å². The largest absolute Gasteiger partial charge is 0.363 e. The average Bonchev–Trinajstić information content (AvgIpc) is 2.14. The van der Waals surface area contributed by atoms with Gasteiger partial charge in [-0.3, -0.25) is 9.59 Å². The van der Waals surface area contributed by atoms with Crippen LogP contribution < -0.4 is 5.73 Å². The van der Waals surface area contributed by atoms with Crippen LogP contribution in [-0.2, 0) is 6.42 Å². The summed E-state index contributed by atoms with van der Waals surface area (Å²) in [5.74, 6) is -0.662. The van der Waals surface area contributed by atoms with Crippen molar-refractivity contribution < 1.29 is 9.59 Å². The predicted octanol–water partition coefficient (Wildman–Crippen LogP) is 0.731. The quantitative estimate of drug-likeness (QED) is 0.754. The number of ketones is 1. The smallest absolute Gasteiger partial charge is 0.286 e. The van der Waals surface area contributed by atoms with Crippen molar-refractivity contribution in [1.82, 2.24) is 9.97 Å². The number of amides is 1. The van der Waals surface area contributed by atoms with Gasteiger partial charge in [-0.15, -0.1) is 0 Å². The minimum absolute atomic E-state index is 0.0238. The lowest BCUT2D eigenvalue weighted by Gasteiger charge is -2.28. The number of hydrogen-bond donors (Lipinski definition) is 1. The Kier molecular flexibility index (Phi) is 2.26. The van der Waals surface area contributed by atoms with Gasteiger partial charge in [0.25, 0.3) is 5.91 Å². The van der Waals surface area contributed by atoms with E-state index in [1.165, 1.54) is 6.20 Å². The summed E-state index contributed by atoms with van der Waals surface area (Å²) in [6, 6.07) is 0. The lowest BCUT2D eigenvalue weighted by molar-refractivity contribution is 0.0904. The Morgan fingerprint density at radius 3 is 2.75 bits per heavy atom. The standard InChI is InChI=1S/C11H13N3O2/c1-11(2)3-7-6(8(15)4-11)5-13-10(14-7)9(12)16/h5H,3-4H2,1-2H3,(H2,12,16). The molecule has 0 atom stereocenters. The molecule has 1 heterocycles. The summed E-state index contributed by atoms with van der Waals surface area (Å²) >= 11 is 0. The zero-order chi connectivity index (χ0) is 11.9. The molecule has 1 aliphatic carbocycles. The van der Waals surface area contributed by atoms with Gasteiger partial charge < -0.3 is 5.73 Å². The van der Waals surface area contributed by atoms with Crippen LogP contribution in [0.1, 0.15) is 46.9 Å². The third kappa shape index (κ3) is 1.80. The molecule has 0 unspecified atom stereocenters. The van der Waals surface area contributed by atoms with Crippen LogP contribution in [0.4, 0.5) is 0 Å². The van der Waals surface area contributed by atoms with Crippen LogP contribution in [-0.4, -0.2) is 21.7 Å². The fourth-order valence-corrected chi connectivity index (χ4v) is 1.95. The van der Waals surface area contributed by atoms with Crippen molar-refractivity contribution in [3.05, 3.63) is 23.3 Å². The topological polar surface area (TPSA) is 85.9 Å². The maximum atomic E-state index is 11.8. The zero-order valence-corrected chi connectivity index (χ0v) is 9.28. The summed E-state index contributed by atoms with van der Waals surface area (Å²) in [6.07, 6.45) is 2.55. The Balaban J connectivity index is 2.50. The summed E-state index contributed by atoms with van der Waals surface area (Å²) in [5.41, 5.74) is 6.13. The lowest BCUT2D eigenvalue weighted by Crippen LogP contribution is -2.29. The first kappa shape index (κ1) is 10.7. The number of nitrogens with two attached hydrogens (primary N) is 1. The molecule has 2 N–H and O–H groups in total. The molecule has 0 saturated carbocycles. The molecule has 1 amide bonds. The number of hydrogen-bond acceptors (Lipinski definition) is 4. The molecule has 1 aromatic rings. The highest BCUT2D eigenvalue weighted by Crippen LogP contribution is 2.33. The molecular weight excluding hydrogens is 206 g/mol. The minimum Gasteiger partial charge on any atom is -0.363 e. The first-order valence-corrected chi connectivity index (χ1v) is 5.08. The number of aromatic nitrogens is 2. The highest BCUT2D eigenvalue weighted by atomic mass is 16.1. The summed E-state index contributed by atoms with van der Waals surface area (Å²) in [5, 5.41) is 0. The second-order valence-corrected chi connectivity index (χ2v) is 4.86. The highest BCUT2D eigenvalue weighted by molar-refractivity contribution is 5.99. The molecule has 0 fully saturated rings. The van der Waals surface area contributed by atoms with Gasteiger partial charge in [0.15, 0.2) is 5.78 Å². The van der Waals surface area contributed by atoms with E-state index in [0.717, 1.165) is 0 Å². The van der Waals surface area contributed by atoms with E-state index < -0.39 is 5.91 Å². The molecule has 0 aliphatic heterocycles. The van der Waals surface area contributed by atoms with Gasteiger partial charge in [0.2, 0.25) is 5.82 Å². The molecule has 5 nitrogen and oxygen atoms in total. The van der Waals surface area contributed by atoms with Crippen LogP contribution in [0.25, 0.3) is 0 Å². The van der Waals surface area contributed by atoms with Gasteiger partial charge in [-0.25, -0.2) is 9.97 Å². The maximum absolute atomic E-state index is 11.8. The molecule has 0 spiro atoms. The number of Topliss-reactive ketones (excluding diaryl/α,β-unsaturated/α-hetero) is 1. The van der Waals surface area contributed by atoms with Crippen LogP contribution in [0.2, 0.25) is 0 Å². The number of nitrogens with zero attached hydrogens (tertiary/aromatic N) is 2. The molecule has 0 saturated heterocycles. The van der Waals surface area contributed by atoms with Crippen LogP contribution >= 0.6 is 0 Å². The van der Waals surface area contributed by atoms with E-state index in [-0.39, 0.29) is 17.0 Å². The minimum atomic E-state index is -0.668. The zero-order valence-electron chi connectivity index (χ0n) is 9.28. The fourth-order valence-electron chi connectivity index (χ4n) is 1.95. The summed E-state index contributed by atoms with van der Waals surface area (Å²) in [4.78, 5) is 30.6. The maximum Gasteiger partial charge on any atom is 0.286 e. The monoisotopic (exact) mass is 219 g/mol. The van der Waals surface area contributed by atoms with E-state index in [4.69, 9.17) is 5.73 Å². The predicted molar refractivity (Wildman–Crippen MR) is 57.0 cm³/mol. The molecule has 2 rings (SSSR count). The molecule has 0 radical (unpaired) electrons. The average molecular weight is 219 g/mol. The Morgan fingerprint density at radius 2 is 2.12 bits per heavy atom. The molecule has 1 aliphatic rings. The fraction of sp³-hybridized carbons (Fsp3) is 0.455. The Labute approximate surface area is 93.1 Å². The number of carbonyl (C=O) groups is 2. The van der Waals surface area contributed by atoms with Crippen molar-refractivity contribution >= 4 is 11.7 Å². The first-order chi connectivity index (χ1) is 7.39. The molecule has 16 heavy (non-hydrogen) atoms. The highest BCUT2D eigenvalue weighted by Gasteiger charge is 2.32. The van der Waals surface area contributed by atoms with Crippen LogP contribution in [0.15, 0.2) is 6.20 Å². The van der Waals surface area contributed by atoms with Crippen molar-refractivity contribution in [2.75, 3.05) is 0 Å². The van der Waals surface area contributed by atoms with Gasteiger partial charge in [-0.1, -0.05) is 13.8 Å².